The van der Waals surface area contributed by atoms with Crippen molar-refractivity contribution in [2.45, 2.75) is 13.0 Å². The average Bonchev–Trinajstić information content (AvgIpc) is 2.90. The van der Waals surface area contributed by atoms with E-state index in [0.717, 1.165) is 6.20 Å². The highest BCUT2D eigenvalue weighted by Gasteiger charge is 2.40. The Hall–Kier alpha value is -1.74. The first-order chi connectivity index (χ1) is 9.97. The number of ether oxygens (including phenoxy) is 1. The molecule has 1 N–H and O–H groups in total. The number of carboxylic acids is 1. The number of pyridine rings is 1. The number of aromatic nitrogens is 1. The summed E-state index contributed by atoms with van der Waals surface area (Å²) in [5, 5.41) is 20.5. The van der Waals surface area contributed by atoms with Crippen LogP contribution in [0.4, 0.5) is 11.4 Å². The lowest BCUT2D eigenvalue weighted by atomic mass is 10.0. The molecule has 2 atom stereocenters. The summed E-state index contributed by atoms with van der Waals surface area (Å²) in [5.41, 5.74) is 0.168. The largest absolute Gasteiger partial charge is 0.481 e. The fourth-order valence-electron chi connectivity index (χ4n) is 2.48. The van der Waals surface area contributed by atoms with E-state index in [-0.39, 0.29) is 18.9 Å². The molecule has 0 bridgehead atoms. The molecule has 1 aliphatic heterocycles. The van der Waals surface area contributed by atoms with E-state index in [1.54, 1.807) is 4.90 Å². The van der Waals surface area contributed by atoms with Gasteiger partial charge in [0.2, 0.25) is 0 Å². The Labute approximate surface area is 129 Å². The van der Waals surface area contributed by atoms with Gasteiger partial charge >= 0.3 is 11.7 Å². The van der Waals surface area contributed by atoms with Gasteiger partial charge in [-0.05, 0) is 22.9 Å². The zero-order chi connectivity index (χ0) is 15.6. The number of hydrogen-bond acceptors (Lipinski definition) is 6. The summed E-state index contributed by atoms with van der Waals surface area (Å²) in [6, 6.07) is -0.454. The van der Waals surface area contributed by atoms with Gasteiger partial charge in [-0.3, -0.25) is 19.9 Å². The SMILES string of the molecule is CCN(c1c(Br)cncc1[N+](=O)[O-])C1COCC1C(=O)O. The number of nitro groups is 1. The number of carbonyl (C=O) groups is 1. The van der Waals surface area contributed by atoms with Gasteiger partial charge in [0, 0.05) is 12.7 Å². The van der Waals surface area contributed by atoms with Crippen molar-refractivity contribution in [2.75, 3.05) is 24.7 Å². The molecule has 21 heavy (non-hydrogen) atoms. The minimum Gasteiger partial charge on any atom is -0.481 e. The quantitative estimate of drug-likeness (QED) is 0.629. The van der Waals surface area contributed by atoms with Crippen molar-refractivity contribution >= 4 is 33.3 Å². The van der Waals surface area contributed by atoms with Gasteiger partial charge in [0.1, 0.15) is 17.8 Å². The zero-order valence-corrected chi connectivity index (χ0v) is 12.8. The Bertz CT molecular complexity index is 568. The van der Waals surface area contributed by atoms with Gasteiger partial charge in [-0.15, -0.1) is 0 Å². The second-order valence-electron chi connectivity index (χ2n) is 4.58. The summed E-state index contributed by atoms with van der Waals surface area (Å²) in [6.45, 7) is 2.55. The van der Waals surface area contributed by atoms with Gasteiger partial charge in [0.15, 0.2) is 0 Å². The topological polar surface area (TPSA) is 106 Å². The summed E-state index contributed by atoms with van der Waals surface area (Å²) >= 11 is 3.26. The van der Waals surface area contributed by atoms with E-state index >= 15 is 0 Å². The predicted molar refractivity (Wildman–Crippen MR) is 77.3 cm³/mol. The first-order valence-electron chi connectivity index (χ1n) is 6.32. The van der Waals surface area contributed by atoms with Crippen LogP contribution < -0.4 is 4.90 Å². The number of anilines is 1. The molecule has 1 aromatic heterocycles. The van der Waals surface area contributed by atoms with Crippen LogP contribution in [-0.2, 0) is 9.53 Å². The molecule has 0 aromatic carbocycles. The monoisotopic (exact) mass is 359 g/mol. The van der Waals surface area contributed by atoms with Crippen LogP contribution in [0.2, 0.25) is 0 Å². The smallest absolute Gasteiger partial charge is 0.311 e. The Morgan fingerprint density at radius 1 is 1.62 bits per heavy atom. The van der Waals surface area contributed by atoms with Crippen molar-refractivity contribution in [3.8, 4) is 0 Å². The van der Waals surface area contributed by atoms with Gasteiger partial charge < -0.3 is 14.7 Å². The van der Waals surface area contributed by atoms with E-state index in [1.165, 1.54) is 6.20 Å². The molecule has 114 valence electrons. The molecule has 0 amide bonds. The summed E-state index contributed by atoms with van der Waals surface area (Å²) < 4.78 is 5.71. The van der Waals surface area contributed by atoms with Crippen molar-refractivity contribution in [3.63, 3.8) is 0 Å². The maximum atomic E-state index is 11.3. The normalized spacial score (nSPS) is 21.2. The minimum absolute atomic E-state index is 0.104. The summed E-state index contributed by atoms with van der Waals surface area (Å²) in [6.07, 6.45) is 2.62. The Kier molecular flexibility index (Phi) is 4.73. The fraction of sp³-hybridized carbons (Fsp3) is 0.500. The van der Waals surface area contributed by atoms with E-state index in [1.807, 2.05) is 6.92 Å². The molecule has 1 aliphatic rings. The highest BCUT2D eigenvalue weighted by molar-refractivity contribution is 9.10. The maximum absolute atomic E-state index is 11.3. The molecule has 2 heterocycles. The second kappa shape index (κ2) is 6.35. The fourth-order valence-corrected chi connectivity index (χ4v) is 3.03. The number of nitrogens with zero attached hydrogens (tertiary/aromatic N) is 3. The van der Waals surface area contributed by atoms with Gasteiger partial charge in [-0.25, -0.2) is 0 Å². The number of halogens is 1. The van der Waals surface area contributed by atoms with Crippen LogP contribution in [-0.4, -0.2) is 46.8 Å². The zero-order valence-electron chi connectivity index (χ0n) is 11.2. The number of carboxylic acid groups (broad SMARTS) is 1. The van der Waals surface area contributed by atoms with Crippen molar-refractivity contribution in [1.29, 1.82) is 0 Å². The predicted octanol–water partition coefficient (Wildman–Crippen LogP) is 1.68. The van der Waals surface area contributed by atoms with E-state index < -0.39 is 22.9 Å². The molecule has 0 radical (unpaired) electrons. The molecule has 9 heteroatoms. The molecule has 2 rings (SSSR count). The lowest BCUT2D eigenvalue weighted by Crippen LogP contribution is -2.43. The van der Waals surface area contributed by atoms with Gasteiger partial charge in [-0.1, -0.05) is 0 Å². The molecule has 1 saturated heterocycles. The number of aliphatic carboxylic acids is 1. The minimum atomic E-state index is -0.969. The van der Waals surface area contributed by atoms with E-state index in [2.05, 4.69) is 20.9 Å². The van der Waals surface area contributed by atoms with Crippen LogP contribution in [0.15, 0.2) is 16.9 Å². The average molecular weight is 360 g/mol. The Balaban J connectivity index is 2.47. The first-order valence-corrected chi connectivity index (χ1v) is 7.11. The van der Waals surface area contributed by atoms with Crippen molar-refractivity contribution in [2.24, 2.45) is 5.92 Å². The highest BCUT2D eigenvalue weighted by atomic mass is 79.9. The Morgan fingerprint density at radius 2 is 2.33 bits per heavy atom. The summed E-state index contributed by atoms with van der Waals surface area (Å²) in [7, 11) is 0. The van der Waals surface area contributed by atoms with Gasteiger partial charge in [0.05, 0.1) is 28.7 Å². The van der Waals surface area contributed by atoms with Crippen LogP contribution in [0.1, 0.15) is 6.92 Å². The molecule has 0 aliphatic carbocycles. The first kappa shape index (κ1) is 15.6. The highest BCUT2D eigenvalue weighted by Crippen LogP contribution is 2.37. The number of hydrogen-bond donors (Lipinski definition) is 1. The molecule has 0 saturated carbocycles. The van der Waals surface area contributed by atoms with Crippen LogP contribution >= 0.6 is 15.9 Å². The maximum Gasteiger partial charge on any atom is 0.311 e. The summed E-state index contributed by atoms with van der Waals surface area (Å²) in [4.78, 5) is 27.5. The van der Waals surface area contributed by atoms with Gasteiger partial charge in [0.25, 0.3) is 0 Å². The van der Waals surface area contributed by atoms with E-state index in [0.29, 0.717) is 16.7 Å². The summed E-state index contributed by atoms with van der Waals surface area (Å²) in [5.74, 6) is -1.69. The van der Waals surface area contributed by atoms with Crippen LogP contribution in [0.3, 0.4) is 0 Å². The third-order valence-corrected chi connectivity index (χ3v) is 4.03. The van der Waals surface area contributed by atoms with Crippen LogP contribution in [0.5, 0.6) is 0 Å². The molecular formula is C12H14BrN3O5. The molecule has 8 nitrogen and oxygen atoms in total. The van der Waals surface area contributed by atoms with Crippen molar-refractivity contribution < 1.29 is 19.6 Å². The molecular weight excluding hydrogens is 346 g/mol. The number of likely N-dealkylation sites (N-methyl/N-ethyl adjacent to an activating group) is 1. The number of rotatable bonds is 5. The van der Waals surface area contributed by atoms with Crippen molar-refractivity contribution in [3.05, 3.63) is 27.0 Å². The van der Waals surface area contributed by atoms with E-state index in [4.69, 9.17) is 4.74 Å². The third-order valence-electron chi connectivity index (χ3n) is 3.45. The van der Waals surface area contributed by atoms with Crippen LogP contribution in [0, 0.1) is 16.0 Å². The molecule has 1 fully saturated rings. The molecule has 2 unspecified atom stereocenters. The third kappa shape index (κ3) is 2.98. The standard InChI is InChI=1S/C12H14BrN3O5/c1-2-15(10-6-21-5-7(10)12(17)18)11-8(13)3-14-4-9(11)16(19)20/h3-4,7,10H,2,5-6H2,1H3,(H,17,18). The van der Waals surface area contributed by atoms with Gasteiger partial charge in [-0.2, -0.15) is 0 Å². The molecule has 0 spiro atoms. The van der Waals surface area contributed by atoms with Crippen LogP contribution in [0.25, 0.3) is 0 Å². The second-order valence-corrected chi connectivity index (χ2v) is 5.44. The van der Waals surface area contributed by atoms with Crippen molar-refractivity contribution in [1.82, 2.24) is 4.98 Å². The lowest BCUT2D eigenvalue weighted by Gasteiger charge is -2.31. The Morgan fingerprint density at radius 3 is 2.90 bits per heavy atom. The molecule has 1 aromatic rings. The lowest BCUT2D eigenvalue weighted by molar-refractivity contribution is -0.384. The van der Waals surface area contributed by atoms with E-state index in [9.17, 15) is 20.0 Å².